The number of hydrogen-bond acceptors (Lipinski definition) is 9. The zero-order chi connectivity index (χ0) is 22.3. The zero-order valence-corrected chi connectivity index (χ0v) is 18.2. The molecule has 0 bridgehead atoms. The first-order chi connectivity index (χ1) is 15.6. The first-order valence-electron chi connectivity index (χ1n) is 10.8. The molecule has 0 unspecified atom stereocenters. The van der Waals surface area contributed by atoms with Gasteiger partial charge in [-0.25, -0.2) is 25.1 Å². The van der Waals surface area contributed by atoms with Crippen LogP contribution in [0.2, 0.25) is 0 Å². The van der Waals surface area contributed by atoms with Crippen LogP contribution >= 0.6 is 0 Å². The van der Waals surface area contributed by atoms with Crippen LogP contribution in [-0.4, -0.2) is 71.5 Å². The highest BCUT2D eigenvalue weighted by Gasteiger charge is 2.26. The van der Waals surface area contributed by atoms with Crippen LogP contribution in [0.3, 0.4) is 0 Å². The summed E-state index contributed by atoms with van der Waals surface area (Å²) in [5.74, 6) is 1.62. The number of primary amides is 1. The third-order valence-corrected chi connectivity index (χ3v) is 5.71. The number of quaternary nitrogens is 1. The molecule has 2 aliphatic rings. The lowest BCUT2D eigenvalue weighted by atomic mass is 10.2. The van der Waals surface area contributed by atoms with Crippen molar-refractivity contribution in [1.82, 2.24) is 19.9 Å². The van der Waals surface area contributed by atoms with Crippen LogP contribution in [0, 0.1) is 0 Å². The smallest absolute Gasteiger partial charge is 0.421 e. The highest BCUT2D eigenvalue weighted by molar-refractivity contribution is 5.91. The fraction of sp³-hybridized carbons (Fsp3) is 0.476. The van der Waals surface area contributed by atoms with E-state index in [1.165, 1.54) is 32.5 Å². The normalized spacial score (nSPS) is 17.2. The number of amides is 2. The largest absolute Gasteiger partial charge is 0.474 e. The second kappa shape index (κ2) is 10.2. The first-order valence-corrected chi connectivity index (χ1v) is 10.8. The van der Waals surface area contributed by atoms with Crippen LogP contribution in [0.25, 0.3) is 0 Å². The summed E-state index contributed by atoms with van der Waals surface area (Å²) in [6.45, 7) is 2.37. The third-order valence-electron chi connectivity index (χ3n) is 5.71. The predicted molar refractivity (Wildman–Crippen MR) is 119 cm³/mol. The van der Waals surface area contributed by atoms with Crippen molar-refractivity contribution in [1.29, 1.82) is 0 Å². The van der Waals surface area contributed by atoms with E-state index in [4.69, 9.17) is 15.3 Å². The molecule has 0 spiro atoms. The highest BCUT2D eigenvalue weighted by Crippen LogP contribution is 2.23. The number of ether oxygens (including phenoxy) is 1. The van der Waals surface area contributed by atoms with E-state index in [1.807, 2.05) is 17.0 Å². The minimum absolute atomic E-state index is 0.0423. The zero-order valence-electron chi connectivity index (χ0n) is 18.2. The molecule has 32 heavy (non-hydrogen) atoms. The van der Waals surface area contributed by atoms with Gasteiger partial charge in [-0.1, -0.05) is 5.16 Å². The Morgan fingerprint density at radius 2 is 1.97 bits per heavy atom. The molecule has 2 aromatic heterocycles. The molecule has 0 atom stereocenters. The van der Waals surface area contributed by atoms with Crippen molar-refractivity contribution in [3.05, 3.63) is 30.2 Å². The van der Waals surface area contributed by atoms with Crippen molar-refractivity contribution < 1.29 is 19.7 Å². The number of nitrogen functional groups attached to an aromatic ring is 1. The van der Waals surface area contributed by atoms with Crippen LogP contribution in [-0.2, 0) is 4.84 Å². The maximum Gasteiger partial charge on any atom is 0.421 e. The number of oxime groups is 1. The van der Waals surface area contributed by atoms with Crippen molar-refractivity contribution in [2.45, 2.75) is 31.8 Å². The molecule has 2 fully saturated rings. The summed E-state index contributed by atoms with van der Waals surface area (Å²) in [6.07, 6.45) is 9.47. The van der Waals surface area contributed by atoms with Crippen molar-refractivity contribution in [3.8, 4) is 5.88 Å². The molecule has 2 aromatic rings. The second-order valence-electron chi connectivity index (χ2n) is 7.82. The van der Waals surface area contributed by atoms with E-state index >= 15 is 0 Å². The summed E-state index contributed by atoms with van der Waals surface area (Å²) < 4.78 is 5.89. The van der Waals surface area contributed by atoms with E-state index in [0.717, 1.165) is 18.5 Å². The fourth-order valence-electron chi connectivity index (χ4n) is 3.98. The van der Waals surface area contributed by atoms with Crippen LogP contribution in [0.1, 0.15) is 31.2 Å². The first kappa shape index (κ1) is 21.8. The average molecular weight is 442 g/mol. The van der Waals surface area contributed by atoms with Gasteiger partial charge in [0.2, 0.25) is 5.88 Å². The minimum Gasteiger partial charge on any atom is -0.474 e. The number of rotatable bonds is 6. The molecule has 0 radical (unpaired) electrons. The van der Waals surface area contributed by atoms with E-state index in [2.05, 4.69) is 25.0 Å². The lowest BCUT2D eigenvalue weighted by Crippen LogP contribution is -2.86. The van der Waals surface area contributed by atoms with Gasteiger partial charge in [0.15, 0.2) is 5.69 Å². The van der Waals surface area contributed by atoms with E-state index < -0.39 is 0 Å². The molecule has 1 saturated carbocycles. The Kier molecular flexibility index (Phi) is 6.95. The molecule has 11 nitrogen and oxygen atoms in total. The molecule has 4 N–H and O–H groups in total. The van der Waals surface area contributed by atoms with Gasteiger partial charge in [-0.3, -0.25) is 4.90 Å². The number of piperazine rings is 1. The lowest BCUT2D eigenvalue weighted by Gasteiger charge is -2.34. The van der Waals surface area contributed by atoms with Gasteiger partial charge < -0.3 is 20.2 Å². The molecule has 1 aliphatic carbocycles. The van der Waals surface area contributed by atoms with Gasteiger partial charge in [0.05, 0.1) is 18.0 Å². The Bertz CT molecular complexity index is 939. The number of urea groups is 1. The van der Waals surface area contributed by atoms with Crippen LogP contribution < -0.4 is 20.7 Å². The molecular formula is C21H29N8O3+. The average Bonchev–Trinajstić information content (AvgIpc) is 3.32. The van der Waals surface area contributed by atoms with Crippen molar-refractivity contribution in [3.63, 3.8) is 0 Å². The highest BCUT2D eigenvalue weighted by atomic mass is 16.6. The molecule has 0 aromatic carbocycles. The number of aromatic nitrogens is 3. The van der Waals surface area contributed by atoms with Gasteiger partial charge in [-0.15, -0.1) is 0 Å². The molecular weight excluding hydrogens is 412 g/mol. The predicted octanol–water partition coefficient (Wildman–Crippen LogP) is 0.893. The Morgan fingerprint density at radius 3 is 2.66 bits per heavy atom. The standard InChI is InChI=1S/C21H28N8O3/c1-31-26-13-17-19(22)24-14-25-20(17)28-8-10-29(11-9-28)21(30)27-15-6-7-18(23-12-15)32-16-4-2-3-5-16/h6-7,12-14,16H,2-5,8-11H2,1H3,(H,27,30)(H2,22,24,25)/p+1. The van der Waals surface area contributed by atoms with E-state index in [1.54, 1.807) is 11.5 Å². The summed E-state index contributed by atoms with van der Waals surface area (Å²) in [4.78, 5) is 34.1. The van der Waals surface area contributed by atoms with E-state index in [-0.39, 0.29) is 12.1 Å². The van der Waals surface area contributed by atoms with Crippen LogP contribution in [0.4, 0.5) is 22.1 Å². The topological polar surface area (TPSA) is 136 Å². The number of anilines is 2. The molecule has 170 valence electrons. The van der Waals surface area contributed by atoms with Gasteiger partial charge in [0, 0.05) is 38.3 Å². The number of carbonyl (C=O) groups is 1. The van der Waals surface area contributed by atoms with Gasteiger partial charge in [-0.05, 0) is 25.7 Å². The lowest BCUT2D eigenvalue weighted by molar-refractivity contribution is -0.473. The summed E-state index contributed by atoms with van der Waals surface area (Å²) in [7, 11) is 1.46. The minimum atomic E-state index is -0.0423. The molecule has 3 heterocycles. The molecule has 4 rings (SSSR count). The second-order valence-corrected chi connectivity index (χ2v) is 7.82. The Balaban J connectivity index is 1.31. The number of pyridine rings is 1. The Labute approximate surface area is 186 Å². The van der Waals surface area contributed by atoms with Crippen LogP contribution in [0.5, 0.6) is 5.88 Å². The number of nitrogens with zero attached hydrogens (tertiary/aromatic N) is 6. The van der Waals surface area contributed by atoms with Gasteiger partial charge >= 0.3 is 6.03 Å². The number of carbonyl (C=O) groups excluding carboxylic acids is 1. The monoisotopic (exact) mass is 441 g/mol. The summed E-state index contributed by atoms with van der Waals surface area (Å²) in [6, 6.07) is 3.66. The molecule has 1 saturated heterocycles. The maximum absolute atomic E-state index is 12.7. The molecule has 2 amide bonds. The summed E-state index contributed by atoms with van der Waals surface area (Å²) >= 11 is 0. The van der Waals surface area contributed by atoms with E-state index in [0.29, 0.717) is 49.3 Å². The van der Waals surface area contributed by atoms with Crippen LogP contribution in [0.15, 0.2) is 29.8 Å². The summed E-state index contributed by atoms with van der Waals surface area (Å²) in [5.41, 5.74) is 7.34. The molecule has 11 heteroatoms. The van der Waals surface area contributed by atoms with Gasteiger partial charge in [0.1, 0.15) is 31.2 Å². The van der Waals surface area contributed by atoms with Crippen molar-refractivity contribution in [2.24, 2.45) is 5.16 Å². The maximum atomic E-state index is 12.7. The number of nitrogens with two attached hydrogens (primary N) is 2. The third kappa shape index (κ3) is 5.22. The van der Waals surface area contributed by atoms with E-state index in [9.17, 15) is 4.79 Å². The van der Waals surface area contributed by atoms with Crippen molar-refractivity contribution >= 4 is 29.6 Å². The Morgan fingerprint density at radius 1 is 1.19 bits per heavy atom. The van der Waals surface area contributed by atoms with Gasteiger partial charge in [-0.2, -0.15) is 0 Å². The molecule has 1 aliphatic heterocycles. The number of hydrogen-bond donors (Lipinski definition) is 2. The van der Waals surface area contributed by atoms with Crippen molar-refractivity contribution in [2.75, 3.05) is 43.9 Å². The van der Waals surface area contributed by atoms with Gasteiger partial charge in [0.25, 0.3) is 0 Å². The Hall–Kier alpha value is -3.47. The summed E-state index contributed by atoms with van der Waals surface area (Å²) in [5, 5.41) is 5.40. The quantitative estimate of drug-likeness (QED) is 0.498. The SMILES string of the molecule is CON=Cc1c(N)ncnc1N1CCN(C(=O)[NH2+]c2ccc(OC3CCCC3)nc2)CC1. The fourth-order valence-corrected chi connectivity index (χ4v) is 3.98.